The van der Waals surface area contributed by atoms with Crippen LogP contribution in [0.1, 0.15) is 24.2 Å². The Balaban J connectivity index is 2.51. The van der Waals surface area contributed by atoms with Crippen molar-refractivity contribution in [2.75, 3.05) is 5.73 Å². The van der Waals surface area contributed by atoms with Gasteiger partial charge in [0.15, 0.2) is 11.6 Å². The highest BCUT2D eigenvalue weighted by Gasteiger charge is 2.11. The fraction of sp³-hybridized carbons (Fsp3) is 0.250. The second-order valence-electron chi connectivity index (χ2n) is 3.81. The summed E-state index contributed by atoms with van der Waals surface area (Å²) < 4.78 is 18.3. The molecule has 0 saturated heterocycles. The zero-order valence-corrected chi connectivity index (χ0v) is 9.20. The molecule has 0 radical (unpaired) electrons. The Labute approximate surface area is 93.1 Å². The van der Waals surface area contributed by atoms with Gasteiger partial charge < -0.3 is 10.3 Å². The van der Waals surface area contributed by atoms with E-state index in [-0.39, 0.29) is 0 Å². The number of rotatable bonds is 2. The van der Waals surface area contributed by atoms with Gasteiger partial charge in [0, 0.05) is 11.6 Å². The molecule has 4 heteroatoms. The SMILES string of the molecule is Cc1ccc(C(C)F)cc1-c1cc(N)no1. The van der Waals surface area contributed by atoms with Crippen LogP contribution in [-0.2, 0) is 0 Å². The van der Waals surface area contributed by atoms with E-state index in [4.69, 9.17) is 10.3 Å². The number of nitrogens with zero attached hydrogens (tertiary/aromatic N) is 1. The van der Waals surface area contributed by atoms with Gasteiger partial charge in [-0.15, -0.1) is 0 Å². The van der Waals surface area contributed by atoms with Gasteiger partial charge in [0.1, 0.15) is 6.17 Å². The Morgan fingerprint density at radius 1 is 1.38 bits per heavy atom. The van der Waals surface area contributed by atoms with Crippen molar-refractivity contribution in [3.8, 4) is 11.3 Å². The van der Waals surface area contributed by atoms with Crippen LogP contribution >= 0.6 is 0 Å². The first kappa shape index (κ1) is 10.7. The smallest absolute Gasteiger partial charge is 0.169 e. The first-order valence-electron chi connectivity index (χ1n) is 5.05. The minimum atomic E-state index is -1.00. The molecule has 84 valence electrons. The van der Waals surface area contributed by atoms with Crippen molar-refractivity contribution in [1.82, 2.24) is 5.16 Å². The second-order valence-corrected chi connectivity index (χ2v) is 3.81. The maximum atomic E-state index is 13.2. The van der Waals surface area contributed by atoms with Crippen molar-refractivity contribution >= 4 is 5.82 Å². The fourth-order valence-electron chi connectivity index (χ4n) is 1.57. The molecule has 0 aliphatic rings. The van der Waals surface area contributed by atoms with Gasteiger partial charge in [0.05, 0.1) is 0 Å². The molecule has 1 unspecified atom stereocenters. The van der Waals surface area contributed by atoms with Crippen LogP contribution in [-0.4, -0.2) is 5.16 Å². The van der Waals surface area contributed by atoms with E-state index >= 15 is 0 Å². The summed E-state index contributed by atoms with van der Waals surface area (Å²) in [6, 6.07) is 7.03. The predicted octanol–water partition coefficient (Wildman–Crippen LogP) is 3.26. The molecule has 0 saturated carbocycles. The van der Waals surface area contributed by atoms with Crippen molar-refractivity contribution in [3.05, 3.63) is 35.4 Å². The number of anilines is 1. The normalized spacial score (nSPS) is 12.7. The summed E-state index contributed by atoms with van der Waals surface area (Å²) in [7, 11) is 0. The molecule has 1 aromatic heterocycles. The molecule has 0 spiro atoms. The average Bonchev–Trinajstić information content (AvgIpc) is 2.65. The lowest BCUT2D eigenvalue weighted by Crippen LogP contribution is -1.89. The number of hydrogen-bond donors (Lipinski definition) is 1. The fourth-order valence-corrected chi connectivity index (χ4v) is 1.57. The Kier molecular flexibility index (Phi) is 2.64. The third-order valence-electron chi connectivity index (χ3n) is 2.51. The topological polar surface area (TPSA) is 52.0 Å². The van der Waals surface area contributed by atoms with Crippen LogP contribution in [0.5, 0.6) is 0 Å². The van der Waals surface area contributed by atoms with Gasteiger partial charge in [0.25, 0.3) is 0 Å². The number of aryl methyl sites for hydroxylation is 1. The molecule has 0 bridgehead atoms. The van der Waals surface area contributed by atoms with E-state index in [1.807, 2.05) is 13.0 Å². The van der Waals surface area contributed by atoms with Crippen LogP contribution in [0.3, 0.4) is 0 Å². The standard InChI is InChI=1S/C12H13FN2O/c1-7-3-4-9(8(2)13)5-10(7)11-6-12(14)15-16-11/h3-6,8H,1-2H3,(H2,14,15). The number of benzene rings is 1. The molecule has 16 heavy (non-hydrogen) atoms. The number of nitrogen functional groups attached to an aromatic ring is 1. The van der Waals surface area contributed by atoms with Gasteiger partial charge in [-0.2, -0.15) is 0 Å². The molecule has 2 N–H and O–H groups in total. The molecule has 0 aliphatic heterocycles. The monoisotopic (exact) mass is 220 g/mol. The maximum Gasteiger partial charge on any atom is 0.169 e. The second kappa shape index (κ2) is 3.96. The molecule has 1 aromatic carbocycles. The molecule has 1 atom stereocenters. The van der Waals surface area contributed by atoms with Crippen LogP contribution in [0.25, 0.3) is 11.3 Å². The molecule has 0 fully saturated rings. The summed E-state index contributed by atoms with van der Waals surface area (Å²) in [5.41, 5.74) is 7.93. The van der Waals surface area contributed by atoms with Crippen molar-refractivity contribution in [2.45, 2.75) is 20.0 Å². The summed E-state index contributed by atoms with van der Waals surface area (Å²) >= 11 is 0. The first-order valence-corrected chi connectivity index (χ1v) is 5.05. The van der Waals surface area contributed by atoms with Gasteiger partial charge in [-0.05, 0) is 31.0 Å². The van der Waals surface area contributed by atoms with E-state index in [1.54, 1.807) is 18.2 Å². The van der Waals surface area contributed by atoms with Crippen LogP contribution in [0.4, 0.5) is 10.2 Å². The quantitative estimate of drug-likeness (QED) is 0.845. The molecule has 0 amide bonds. The molecular formula is C12H13FN2O. The summed E-state index contributed by atoms with van der Waals surface area (Å²) in [5.74, 6) is 0.894. The molecule has 2 aromatic rings. The van der Waals surface area contributed by atoms with E-state index in [2.05, 4.69) is 5.16 Å². The van der Waals surface area contributed by atoms with Crippen molar-refractivity contribution in [3.63, 3.8) is 0 Å². The van der Waals surface area contributed by atoms with Gasteiger partial charge in [0.2, 0.25) is 0 Å². The number of nitrogens with two attached hydrogens (primary N) is 1. The summed E-state index contributed by atoms with van der Waals surface area (Å²) in [6.45, 7) is 3.43. The highest BCUT2D eigenvalue weighted by molar-refractivity contribution is 5.64. The van der Waals surface area contributed by atoms with E-state index in [1.165, 1.54) is 6.92 Å². The summed E-state index contributed by atoms with van der Waals surface area (Å²) in [6.07, 6.45) is -1.00. The summed E-state index contributed by atoms with van der Waals surface area (Å²) in [5, 5.41) is 3.62. The average molecular weight is 220 g/mol. The zero-order chi connectivity index (χ0) is 11.7. The first-order chi connectivity index (χ1) is 7.58. The lowest BCUT2D eigenvalue weighted by molar-refractivity contribution is 0.374. The van der Waals surface area contributed by atoms with Gasteiger partial charge in [-0.25, -0.2) is 4.39 Å². The molecular weight excluding hydrogens is 207 g/mol. The van der Waals surface area contributed by atoms with Gasteiger partial charge >= 0.3 is 0 Å². The molecule has 3 nitrogen and oxygen atoms in total. The van der Waals surface area contributed by atoms with Crippen LogP contribution < -0.4 is 5.73 Å². The van der Waals surface area contributed by atoms with Crippen molar-refractivity contribution in [1.29, 1.82) is 0 Å². The summed E-state index contributed by atoms with van der Waals surface area (Å²) in [4.78, 5) is 0. The number of hydrogen-bond acceptors (Lipinski definition) is 3. The third-order valence-corrected chi connectivity index (χ3v) is 2.51. The van der Waals surface area contributed by atoms with Crippen LogP contribution in [0.15, 0.2) is 28.8 Å². The Bertz CT molecular complexity index is 505. The van der Waals surface area contributed by atoms with E-state index in [0.717, 1.165) is 11.1 Å². The zero-order valence-electron chi connectivity index (χ0n) is 9.20. The minimum absolute atomic E-state index is 0.327. The highest BCUT2D eigenvalue weighted by Crippen LogP contribution is 2.28. The molecule has 0 aliphatic carbocycles. The Hall–Kier alpha value is -1.84. The van der Waals surface area contributed by atoms with Crippen molar-refractivity contribution < 1.29 is 8.91 Å². The lowest BCUT2D eigenvalue weighted by atomic mass is 10.0. The Morgan fingerprint density at radius 2 is 2.12 bits per heavy atom. The van der Waals surface area contributed by atoms with E-state index in [9.17, 15) is 4.39 Å². The van der Waals surface area contributed by atoms with Crippen LogP contribution in [0.2, 0.25) is 0 Å². The largest absolute Gasteiger partial charge is 0.381 e. The van der Waals surface area contributed by atoms with E-state index < -0.39 is 6.17 Å². The van der Waals surface area contributed by atoms with Crippen molar-refractivity contribution in [2.24, 2.45) is 0 Å². The van der Waals surface area contributed by atoms with Gasteiger partial charge in [-0.3, -0.25) is 0 Å². The van der Waals surface area contributed by atoms with Crippen LogP contribution in [0, 0.1) is 6.92 Å². The molecule has 1 heterocycles. The predicted molar refractivity (Wildman–Crippen MR) is 60.6 cm³/mol. The highest BCUT2D eigenvalue weighted by atomic mass is 19.1. The van der Waals surface area contributed by atoms with Gasteiger partial charge in [-0.1, -0.05) is 17.3 Å². The Morgan fingerprint density at radius 3 is 2.69 bits per heavy atom. The minimum Gasteiger partial charge on any atom is -0.381 e. The maximum absolute atomic E-state index is 13.2. The third kappa shape index (κ3) is 1.91. The van der Waals surface area contributed by atoms with E-state index in [0.29, 0.717) is 17.1 Å². The number of halogens is 1. The number of aromatic nitrogens is 1. The lowest BCUT2D eigenvalue weighted by Gasteiger charge is -2.06. The molecule has 2 rings (SSSR count). The number of alkyl halides is 1.